The summed E-state index contributed by atoms with van der Waals surface area (Å²) in [5.41, 5.74) is -0.463. The van der Waals surface area contributed by atoms with E-state index in [-0.39, 0.29) is 24.0 Å². The van der Waals surface area contributed by atoms with Crippen LogP contribution in [0.4, 0.5) is 0 Å². The third-order valence-corrected chi connectivity index (χ3v) is 5.47. The Kier molecular flexibility index (Phi) is 5.27. The van der Waals surface area contributed by atoms with E-state index in [4.69, 9.17) is 4.74 Å². The number of carbonyl (C=O) groups is 1. The fraction of sp³-hybridized carbons (Fsp3) is 0.667. The number of ether oxygens (including phenoxy) is 1. The van der Waals surface area contributed by atoms with Crippen molar-refractivity contribution in [3.8, 4) is 5.88 Å². The zero-order valence-corrected chi connectivity index (χ0v) is 14.8. The van der Waals surface area contributed by atoms with Gasteiger partial charge in [0.15, 0.2) is 0 Å². The summed E-state index contributed by atoms with van der Waals surface area (Å²) in [5, 5.41) is 23.4. The Morgan fingerprint density at radius 2 is 2.08 bits per heavy atom. The van der Waals surface area contributed by atoms with E-state index < -0.39 is 5.60 Å². The molecule has 1 saturated heterocycles. The first-order valence-corrected chi connectivity index (χ1v) is 8.81. The topological polar surface area (TPSA) is 94.9 Å². The lowest BCUT2D eigenvalue weighted by atomic mass is 9.75. The largest absolute Gasteiger partial charge is 0.481 e. The van der Waals surface area contributed by atoms with Crippen LogP contribution in [0.5, 0.6) is 5.88 Å². The van der Waals surface area contributed by atoms with E-state index in [2.05, 4.69) is 15.2 Å². The van der Waals surface area contributed by atoms with Crippen molar-refractivity contribution in [2.45, 2.75) is 43.4 Å². The van der Waals surface area contributed by atoms with Gasteiger partial charge < -0.3 is 25.2 Å². The van der Waals surface area contributed by atoms with Gasteiger partial charge in [0.05, 0.1) is 19.3 Å². The fourth-order valence-electron chi connectivity index (χ4n) is 3.56. The molecule has 7 heteroatoms. The maximum Gasteiger partial charge on any atom is 0.252 e. The first-order valence-electron chi connectivity index (χ1n) is 8.81. The van der Waals surface area contributed by atoms with E-state index in [1.807, 2.05) is 13.1 Å². The van der Waals surface area contributed by atoms with Crippen molar-refractivity contribution in [2.24, 2.45) is 5.92 Å². The van der Waals surface area contributed by atoms with Crippen molar-refractivity contribution >= 4 is 5.91 Å². The predicted octanol–water partition coefficient (Wildman–Crippen LogP) is 0.475. The molecule has 138 valence electrons. The lowest BCUT2D eigenvalue weighted by Crippen LogP contribution is -2.55. The van der Waals surface area contributed by atoms with Crippen LogP contribution in [0, 0.1) is 5.92 Å². The van der Waals surface area contributed by atoms with Gasteiger partial charge in [-0.05, 0) is 44.2 Å². The Bertz CT molecular complexity index is 593. The molecule has 1 aliphatic heterocycles. The molecule has 25 heavy (non-hydrogen) atoms. The number of aliphatic hydroxyl groups excluding tert-OH is 1. The van der Waals surface area contributed by atoms with E-state index in [0.717, 1.165) is 5.56 Å². The van der Waals surface area contributed by atoms with Crippen LogP contribution in [-0.4, -0.2) is 65.0 Å². The van der Waals surface area contributed by atoms with Crippen molar-refractivity contribution in [2.75, 3.05) is 27.2 Å². The van der Waals surface area contributed by atoms with Crippen LogP contribution in [0.3, 0.4) is 0 Å². The average molecular weight is 349 g/mol. The Labute approximate surface area is 148 Å². The molecule has 2 aliphatic rings. The second-order valence-corrected chi connectivity index (χ2v) is 7.31. The molecule has 1 aliphatic carbocycles. The molecule has 0 spiro atoms. The molecule has 0 radical (unpaired) electrons. The van der Waals surface area contributed by atoms with E-state index in [1.165, 1.54) is 0 Å². The minimum absolute atomic E-state index is 0.143. The van der Waals surface area contributed by atoms with Crippen LogP contribution in [-0.2, 0) is 4.79 Å². The van der Waals surface area contributed by atoms with Gasteiger partial charge in [-0.25, -0.2) is 4.98 Å². The molecular weight excluding hydrogens is 322 g/mol. The molecule has 1 aromatic rings. The van der Waals surface area contributed by atoms with Crippen LogP contribution >= 0.6 is 0 Å². The number of aromatic nitrogens is 1. The number of likely N-dealkylation sites (tertiary alicyclic amines) is 1. The van der Waals surface area contributed by atoms with Crippen molar-refractivity contribution in [3.05, 3.63) is 23.9 Å². The first-order chi connectivity index (χ1) is 11.9. The summed E-state index contributed by atoms with van der Waals surface area (Å²) in [5.74, 6) is 0.322. The smallest absolute Gasteiger partial charge is 0.252 e. The van der Waals surface area contributed by atoms with E-state index in [9.17, 15) is 15.0 Å². The van der Waals surface area contributed by atoms with Gasteiger partial charge in [-0.15, -0.1) is 0 Å². The van der Waals surface area contributed by atoms with E-state index >= 15 is 0 Å². The van der Waals surface area contributed by atoms with Gasteiger partial charge in [0.2, 0.25) is 5.88 Å². The summed E-state index contributed by atoms with van der Waals surface area (Å²) in [6.07, 6.45) is 3.50. The second kappa shape index (κ2) is 7.27. The number of amides is 1. The van der Waals surface area contributed by atoms with Crippen LogP contribution in [0.2, 0.25) is 0 Å². The summed E-state index contributed by atoms with van der Waals surface area (Å²) in [6, 6.07) is 3.37. The molecule has 1 aromatic heterocycles. The molecule has 1 saturated carbocycles. The molecule has 2 heterocycles. The number of nitrogens with zero attached hydrogens (tertiary/aromatic N) is 2. The normalized spacial score (nSPS) is 27.2. The number of rotatable bonds is 5. The highest BCUT2D eigenvalue weighted by Crippen LogP contribution is 2.38. The summed E-state index contributed by atoms with van der Waals surface area (Å²) >= 11 is 0. The Hall–Kier alpha value is -1.70. The zero-order chi connectivity index (χ0) is 18.0. The molecule has 0 aromatic carbocycles. The van der Waals surface area contributed by atoms with Crippen LogP contribution in [0.1, 0.15) is 37.3 Å². The molecule has 3 N–H and O–H groups in total. The van der Waals surface area contributed by atoms with Gasteiger partial charge in [-0.1, -0.05) is 6.07 Å². The molecule has 3 rings (SSSR count). The third kappa shape index (κ3) is 3.94. The van der Waals surface area contributed by atoms with Gasteiger partial charge in [0.1, 0.15) is 5.60 Å². The lowest BCUT2D eigenvalue weighted by Gasteiger charge is -2.41. The van der Waals surface area contributed by atoms with Gasteiger partial charge in [0, 0.05) is 25.4 Å². The Morgan fingerprint density at radius 1 is 1.40 bits per heavy atom. The van der Waals surface area contributed by atoms with Crippen LogP contribution in [0.25, 0.3) is 0 Å². The average Bonchev–Trinajstić information content (AvgIpc) is 2.60. The maximum absolute atomic E-state index is 12.8. The molecule has 0 unspecified atom stereocenters. The maximum atomic E-state index is 12.8. The number of pyridine rings is 1. The minimum Gasteiger partial charge on any atom is -0.481 e. The number of piperidine rings is 1. The SMILES string of the molecule is COc1ccc([C@H](NC(=O)C2(O)CCN(C)CC2)C2CC(O)C2)cn1. The molecular formula is C18H27N3O4. The second-order valence-electron chi connectivity index (χ2n) is 7.31. The molecule has 1 atom stereocenters. The molecule has 0 bridgehead atoms. The number of methoxy groups -OCH3 is 1. The highest BCUT2D eigenvalue weighted by molar-refractivity contribution is 5.85. The molecule has 1 amide bonds. The fourth-order valence-corrected chi connectivity index (χ4v) is 3.56. The summed E-state index contributed by atoms with van der Waals surface area (Å²) in [4.78, 5) is 19.1. The van der Waals surface area contributed by atoms with Gasteiger partial charge >= 0.3 is 0 Å². The van der Waals surface area contributed by atoms with Gasteiger partial charge in [0.25, 0.3) is 5.91 Å². The number of hydrogen-bond acceptors (Lipinski definition) is 6. The minimum atomic E-state index is -1.33. The van der Waals surface area contributed by atoms with Crippen molar-refractivity contribution in [1.82, 2.24) is 15.2 Å². The van der Waals surface area contributed by atoms with Crippen molar-refractivity contribution < 1.29 is 19.7 Å². The standard InChI is InChI=1S/C18H27N3O4/c1-21-7-5-18(24,6-8-21)17(23)20-16(13-9-14(22)10-13)12-3-4-15(25-2)19-11-12/h3-4,11,13-14,16,22,24H,5-10H2,1-2H3,(H,20,23)/t13?,14?,16-/m0/s1. The first kappa shape index (κ1) is 18.1. The van der Waals surface area contributed by atoms with Crippen molar-refractivity contribution in [1.29, 1.82) is 0 Å². The number of carbonyl (C=O) groups excluding carboxylic acids is 1. The Balaban J connectivity index is 1.74. The highest BCUT2D eigenvalue weighted by atomic mass is 16.5. The van der Waals surface area contributed by atoms with Crippen molar-refractivity contribution in [3.63, 3.8) is 0 Å². The van der Waals surface area contributed by atoms with Gasteiger partial charge in [-0.2, -0.15) is 0 Å². The predicted molar refractivity (Wildman–Crippen MR) is 92.1 cm³/mol. The summed E-state index contributed by atoms with van der Waals surface area (Å²) < 4.78 is 5.09. The number of aliphatic hydroxyl groups is 2. The zero-order valence-electron chi connectivity index (χ0n) is 14.8. The number of nitrogens with one attached hydrogen (secondary N) is 1. The van der Waals surface area contributed by atoms with Crippen LogP contribution < -0.4 is 10.1 Å². The van der Waals surface area contributed by atoms with Crippen LogP contribution in [0.15, 0.2) is 18.3 Å². The highest BCUT2D eigenvalue weighted by Gasteiger charge is 2.42. The monoisotopic (exact) mass is 349 g/mol. The quantitative estimate of drug-likeness (QED) is 0.716. The van der Waals surface area contributed by atoms with E-state index in [1.54, 1.807) is 19.4 Å². The third-order valence-electron chi connectivity index (χ3n) is 5.47. The number of hydrogen-bond donors (Lipinski definition) is 3. The molecule has 2 fully saturated rings. The Morgan fingerprint density at radius 3 is 2.60 bits per heavy atom. The lowest BCUT2D eigenvalue weighted by molar-refractivity contribution is -0.146. The summed E-state index contributed by atoms with van der Waals surface area (Å²) in [6.45, 7) is 1.39. The van der Waals surface area contributed by atoms with Gasteiger partial charge in [-0.3, -0.25) is 4.79 Å². The molecule has 7 nitrogen and oxygen atoms in total. The van der Waals surface area contributed by atoms with E-state index in [0.29, 0.717) is 44.7 Å². The summed E-state index contributed by atoms with van der Waals surface area (Å²) in [7, 11) is 3.54.